The van der Waals surface area contributed by atoms with Crippen LogP contribution in [0, 0.1) is 12.8 Å². The molecule has 0 fully saturated rings. The van der Waals surface area contributed by atoms with Crippen molar-refractivity contribution >= 4 is 21.6 Å². The monoisotopic (exact) mass is 340 g/mol. The molecule has 0 aliphatic carbocycles. The summed E-state index contributed by atoms with van der Waals surface area (Å²) in [5.41, 5.74) is 1.69. The number of amides is 1. The first kappa shape index (κ1) is 19.5. The summed E-state index contributed by atoms with van der Waals surface area (Å²) in [7, 11) is -3.36. The van der Waals surface area contributed by atoms with Crippen molar-refractivity contribution in [3.8, 4) is 0 Å². The average Bonchev–Trinajstić information content (AvgIpc) is 2.48. The molecule has 0 bridgehead atoms. The minimum Gasteiger partial charge on any atom is -0.352 e. The number of rotatable bonds is 9. The van der Waals surface area contributed by atoms with Crippen LogP contribution in [0.25, 0.3) is 0 Å². The lowest BCUT2D eigenvalue weighted by Crippen LogP contribution is -2.29. The highest BCUT2D eigenvalue weighted by Gasteiger charge is 2.12. The molecule has 0 unspecified atom stereocenters. The van der Waals surface area contributed by atoms with Crippen LogP contribution in [0.5, 0.6) is 0 Å². The van der Waals surface area contributed by atoms with Crippen molar-refractivity contribution in [3.05, 3.63) is 29.3 Å². The molecule has 0 saturated heterocycles. The predicted molar refractivity (Wildman–Crippen MR) is 95.3 cm³/mol. The molecule has 0 aliphatic heterocycles. The molecule has 0 saturated carbocycles. The van der Waals surface area contributed by atoms with E-state index in [1.165, 1.54) is 6.42 Å². The minimum absolute atomic E-state index is 0.170. The number of hydrogen-bond acceptors (Lipinski definition) is 3. The van der Waals surface area contributed by atoms with Crippen LogP contribution >= 0.6 is 0 Å². The number of sulfonamides is 1. The van der Waals surface area contributed by atoms with Crippen LogP contribution < -0.4 is 10.0 Å². The fourth-order valence-electron chi connectivity index (χ4n) is 2.36. The number of anilines is 1. The lowest BCUT2D eigenvalue weighted by atomic mass is 9.99. The maximum atomic E-state index is 12.3. The third-order valence-corrected chi connectivity index (χ3v) is 4.48. The molecule has 23 heavy (non-hydrogen) atoms. The highest BCUT2D eigenvalue weighted by atomic mass is 32.2. The van der Waals surface area contributed by atoms with Crippen LogP contribution in [-0.4, -0.2) is 27.1 Å². The number of hydrogen-bond donors (Lipinski definition) is 2. The Balaban J connectivity index is 2.74. The van der Waals surface area contributed by atoms with E-state index in [0.29, 0.717) is 23.7 Å². The van der Waals surface area contributed by atoms with E-state index in [2.05, 4.69) is 23.9 Å². The Labute approximate surface area is 139 Å². The van der Waals surface area contributed by atoms with Crippen molar-refractivity contribution in [2.24, 2.45) is 5.92 Å². The Bertz CT molecular complexity index is 627. The molecule has 1 aromatic rings. The number of aryl methyl sites for hydroxylation is 1. The number of nitrogens with one attached hydrogen (secondary N) is 2. The zero-order valence-electron chi connectivity index (χ0n) is 14.5. The second-order valence-electron chi connectivity index (χ2n) is 6.03. The summed E-state index contributed by atoms with van der Waals surface area (Å²) in [6, 6.07) is 5.04. The normalized spacial score (nSPS) is 12.7. The predicted octanol–water partition coefficient (Wildman–Crippen LogP) is 3.31. The molecule has 5 nitrogen and oxygen atoms in total. The molecule has 1 aromatic carbocycles. The second-order valence-corrected chi connectivity index (χ2v) is 7.78. The van der Waals surface area contributed by atoms with Crippen molar-refractivity contribution in [1.29, 1.82) is 0 Å². The third kappa shape index (κ3) is 7.03. The zero-order chi connectivity index (χ0) is 17.5. The first-order valence-electron chi connectivity index (χ1n) is 8.13. The average molecular weight is 340 g/mol. The van der Waals surface area contributed by atoms with E-state index in [1.54, 1.807) is 25.1 Å². The molecule has 2 N–H and O–H groups in total. The quantitative estimate of drug-likeness (QED) is 0.724. The Morgan fingerprint density at radius 3 is 2.52 bits per heavy atom. The fourth-order valence-corrected chi connectivity index (χ4v) is 2.97. The largest absolute Gasteiger partial charge is 0.352 e. The first-order chi connectivity index (χ1) is 10.8. The summed E-state index contributed by atoms with van der Waals surface area (Å²) in [6.45, 7) is 6.74. The molecule has 0 heterocycles. The molecule has 0 spiro atoms. The summed E-state index contributed by atoms with van der Waals surface area (Å²) in [4.78, 5) is 12.3. The van der Waals surface area contributed by atoms with Crippen molar-refractivity contribution in [3.63, 3.8) is 0 Å². The molecule has 1 rings (SSSR count). The van der Waals surface area contributed by atoms with E-state index in [0.717, 1.165) is 31.1 Å². The van der Waals surface area contributed by atoms with Gasteiger partial charge in [0.05, 0.1) is 11.9 Å². The van der Waals surface area contributed by atoms with Gasteiger partial charge in [-0.05, 0) is 37.0 Å². The van der Waals surface area contributed by atoms with Gasteiger partial charge in [0.1, 0.15) is 0 Å². The maximum Gasteiger partial charge on any atom is 0.251 e. The highest BCUT2D eigenvalue weighted by Crippen LogP contribution is 2.18. The topological polar surface area (TPSA) is 75.3 Å². The Morgan fingerprint density at radius 2 is 1.96 bits per heavy atom. The molecule has 6 heteroatoms. The van der Waals surface area contributed by atoms with Crippen LogP contribution in [-0.2, 0) is 10.0 Å². The Kier molecular flexibility index (Phi) is 7.55. The van der Waals surface area contributed by atoms with E-state index in [1.807, 2.05) is 0 Å². The van der Waals surface area contributed by atoms with Gasteiger partial charge in [-0.2, -0.15) is 0 Å². The van der Waals surface area contributed by atoms with E-state index < -0.39 is 10.0 Å². The zero-order valence-corrected chi connectivity index (χ0v) is 15.3. The van der Waals surface area contributed by atoms with Crippen molar-refractivity contribution in [2.45, 2.75) is 46.5 Å². The smallest absolute Gasteiger partial charge is 0.251 e. The maximum absolute atomic E-state index is 12.3. The summed E-state index contributed by atoms with van der Waals surface area (Å²) in [6.07, 6.45) is 5.57. The molecule has 1 atom stereocenters. The molecule has 0 aromatic heterocycles. The van der Waals surface area contributed by atoms with Crippen LogP contribution in [0.3, 0.4) is 0 Å². The highest BCUT2D eigenvalue weighted by molar-refractivity contribution is 7.92. The van der Waals surface area contributed by atoms with Gasteiger partial charge in [0, 0.05) is 12.1 Å². The summed E-state index contributed by atoms with van der Waals surface area (Å²) in [5, 5.41) is 2.95. The van der Waals surface area contributed by atoms with Crippen molar-refractivity contribution < 1.29 is 13.2 Å². The van der Waals surface area contributed by atoms with Gasteiger partial charge in [0.25, 0.3) is 5.91 Å². The molecule has 130 valence electrons. The van der Waals surface area contributed by atoms with Gasteiger partial charge in [0.15, 0.2) is 0 Å². The van der Waals surface area contributed by atoms with E-state index in [-0.39, 0.29) is 5.91 Å². The van der Waals surface area contributed by atoms with Gasteiger partial charge in [-0.3, -0.25) is 9.52 Å². The Hall–Kier alpha value is -1.56. The number of unbranched alkanes of at least 4 members (excludes halogenated alkanes) is 1. The Morgan fingerprint density at radius 1 is 1.26 bits per heavy atom. The lowest BCUT2D eigenvalue weighted by Gasteiger charge is -2.16. The molecule has 1 amide bonds. The minimum atomic E-state index is -3.36. The van der Waals surface area contributed by atoms with E-state index in [4.69, 9.17) is 0 Å². The SMILES string of the molecule is CCCC[C@H](CC)CNC(=O)c1ccc(C)c(NS(C)(=O)=O)c1. The number of benzene rings is 1. The van der Waals surface area contributed by atoms with Gasteiger partial charge < -0.3 is 5.32 Å². The number of carbonyl (C=O) groups is 1. The van der Waals surface area contributed by atoms with Crippen molar-refractivity contribution in [1.82, 2.24) is 5.32 Å². The standard InChI is InChI=1S/C17H28N2O3S/c1-5-7-8-14(6-2)12-18-17(20)15-10-9-13(3)16(11-15)19-23(4,21)22/h9-11,14,19H,5-8,12H2,1-4H3,(H,18,20)/t14-/m0/s1. The summed E-state index contributed by atoms with van der Waals surface area (Å²) < 4.78 is 25.2. The summed E-state index contributed by atoms with van der Waals surface area (Å²) >= 11 is 0. The van der Waals surface area contributed by atoms with Gasteiger partial charge >= 0.3 is 0 Å². The van der Waals surface area contributed by atoms with Crippen LogP contribution in [0.4, 0.5) is 5.69 Å². The lowest BCUT2D eigenvalue weighted by molar-refractivity contribution is 0.0946. The molecular formula is C17H28N2O3S. The number of carbonyl (C=O) groups excluding carboxylic acids is 1. The van der Waals surface area contributed by atoms with E-state index in [9.17, 15) is 13.2 Å². The van der Waals surface area contributed by atoms with Gasteiger partial charge in [-0.15, -0.1) is 0 Å². The molecule has 0 radical (unpaired) electrons. The molecular weight excluding hydrogens is 312 g/mol. The van der Waals surface area contributed by atoms with Crippen LogP contribution in [0.2, 0.25) is 0 Å². The molecule has 0 aliphatic rings. The first-order valence-corrected chi connectivity index (χ1v) is 10.0. The van der Waals surface area contributed by atoms with Gasteiger partial charge in [-0.1, -0.05) is 39.2 Å². The van der Waals surface area contributed by atoms with Crippen LogP contribution in [0.1, 0.15) is 55.5 Å². The van der Waals surface area contributed by atoms with Crippen molar-refractivity contribution in [2.75, 3.05) is 17.5 Å². The van der Waals surface area contributed by atoms with E-state index >= 15 is 0 Å². The van der Waals surface area contributed by atoms with Gasteiger partial charge in [0.2, 0.25) is 10.0 Å². The second kappa shape index (κ2) is 8.91. The van der Waals surface area contributed by atoms with Gasteiger partial charge in [-0.25, -0.2) is 8.42 Å². The fraction of sp³-hybridized carbons (Fsp3) is 0.588. The third-order valence-electron chi connectivity index (χ3n) is 3.89. The summed E-state index contributed by atoms with van der Waals surface area (Å²) in [5.74, 6) is 0.314. The van der Waals surface area contributed by atoms with Crippen LogP contribution in [0.15, 0.2) is 18.2 Å².